The van der Waals surface area contributed by atoms with E-state index in [0.717, 1.165) is 26.0 Å². The van der Waals surface area contributed by atoms with Gasteiger partial charge in [-0.15, -0.1) is 0 Å². The highest BCUT2D eigenvalue weighted by atomic mass is 16.5. The van der Waals surface area contributed by atoms with E-state index in [1.54, 1.807) is 0 Å². The third kappa shape index (κ3) is 4.08. The topological polar surface area (TPSA) is 47.6 Å². The van der Waals surface area contributed by atoms with Crippen LogP contribution in [0.2, 0.25) is 0 Å². The van der Waals surface area contributed by atoms with Crippen LogP contribution >= 0.6 is 0 Å². The summed E-state index contributed by atoms with van der Waals surface area (Å²) >= 11 is 0. The fraction of sp³-hybridized carbons (Fsp3) is 0.611. The second kappa shape index (κ2) is 7.25. The lowest BCUT2D eigenvalue weighted by atomic mass is 9.65. The Bertz CT molecular complexity index is 478. The quantitative estimate of drug-likeness (QED) is 0.841. The molecule has 1 amide bonds. The standard InChI is InChI=1S/C18H25NO3/c20-17(13-22-16-7-10-21-12-16)19-14-18(8-4-9-18)11-15-5-2-1-3-6-15/h1-3,5-6,16H,4,7-14H2,(H,19,20)/t16-/m1/s1. The van der Waals surface area contributed by atoms with E-state index in [1.165, 1.54) is 24.8 Å². The smallest absolute Gasteiger partial charge is 0.246 e. The van der Waals surface area contributed by atoms with E-state index in [4.69, 9.17) is 9.47 Å². The normalized spacial score (nSPS) is 23.0. The molecule has 22 heavy (non-hydrogen) atoms. The van der Waals surface area contributed by atoms with Crippen LogP contribution in [0.3, 0.4) is 0 Å². The maximum Gasteiger partial charge on any atom is 0.246 e. The van der Waals surface area contributed by atoms with Crippen molar-refractivity contribution in [1.82, 2.24) is 5.32 Å². The van der Waals surface area contributed by atoms with E-state index >= 15 is 0 Å². The Kier molecular flexibility index (Phi) is 5.11. The lowest BCUT2D eigenvalue weighted by Gasteiger charge is -2.42. The molecule has 1 aliphatic carbocycles. The highest BCUT2D eigenvalue weighted by Gasteiger charge is 2.37. The number of hydrogen-bond donors (Lipinski definition) is 1. The lowest BCUT2D eigenvalue weighted by molar-refractivity contribution is -0.128. The monoisotopic (exact) mass is 303 g/mol. The van der Waals surface area contributed by atoms with Crippen LogP contribution < -0.4 is 5.32 Å². The number of amides is 1. The third-order valence-electron chi connectivity index (χ3n) is 4.83. The summed E-state index contributed by atoms with van der Waals surface area (Å²) in [6, 6.07) is 10.6. The molecule has 0 unspecified atom stereocenters. The predicted octanol–water partition coefficient (Wildman–Crippen LogP) is 2.32. The number of carbonyl (C=O) groups excluding carboxylic acids is 1. The van der Waals surface area contributed by atoms with E-state index in [2.05, 4.69) is 29.6 Å². The van der Waals surface area contributed by atoms with Gasteiger partial charge in [-0.05, 0) is 36.7 Å². The molecule has 1 atom stereocenters. The molecule has 1 N–H and O–H groups in total. The van der Waals surface area contributed by atoms with Gasteiger partial charge in [0.15, 0.2) is 0 Å². The third-order valence-corrected chi connectivity index (χ3v) is 4.83. The fourth-order valence-corrected chi connectivity index (χ4v) is 3.30. The molecule has 1 aromatic carbocycles. The molecule has 1 aliphatic heterocycles. The van der Waals surface area contributed by atoms with Gasteiger partial charge in [-0.1, -0.05) is 36.8 Å². The van der Waals surface area contributed by atoms with Crippen molar-refractivity contribution in [3.8, 4) is 0 Å². The zero-order valence-corrected chi connectivity index (χ0v) is 13.1. The molecule has 2 fully saturated rings. The Morgan fingerprint density at radius 1 is 1.32 bits per heavy atom. The van der Waals surface area contributed by atoms with Crippen LogP contribution in [-0.2, 0) is 20.7 Å². The molecule has 4 heteroatoms. The second-order valence-corrected chi connectivity index (χ2v) is 6.59. The summed E-state index contributed by atoms with van der Waals surface area (Å²) in [5.41, 5.74) is 1.60. The van der Waals surface area contributed by atoms with Crippen molar-refractivity contribution in [3.05, 3.63) is 35.9 Å². The zero-order valence-electron chi connectivity index (χ0n) is 13.1. The lowest BCUT2D eigenvalue weighted by Crippen LogP contribution is -2.44. The Morgan fingerprint density at radius 3 is 2.77 bits per heavy atom. The van der Waals surface area contributed by atoms with Crippen molar-refractivity contribution < 1.29 is 14.3 Å². The number of nitrogens with one attached hydrogen (secondary N) is 1. The van der Waals surface area contributed by atoms with E-state index in [-0.39, 0.29) is 24.0 Å². The predicted molar refractivity (Wildman–Crippen MR) is 84.6 cm³/mol. The maximum absolute atomic E-state index is 12.0. The van der Waals surface area contributed by atoms with Crippen molar-refractivity contribution >= 4 is 5.91 Å². The minimum absolute atomic E-state index is 0.00811. The molecule has 120 valence electrons. The van der Waals surface area contributed by atoms with Crippen molar-refractivity contribution in [2.75, 3.05) is 26.4 Å². The molecular formula is C18H25NO3. The average Bonchev–Trinajstić information content (AvgIpc) is 3.02. The van der Waals surface area contributed by atoms with Crippen molar-refractivity contribution in [2.45, 2.75) is 38.2 Å². The summed E-state index contributed by atoms with van der Waals surface area (Å²) in [7, 11) is 0. The largest absolute Gasteiger partial charge is 0.379 e. The number of benzene rings is 1. The molecule has 0 aromatic heterocycles. The summed E-state index contributed by atoms with van der Waals surface area (Å²) in [4.78, 5) is 12.0. The van der Waals surface area contributed by atoms with Gasteiger partial charge in [0.05, 0.1) is 12.7 Å². The Labute approximate surface area is 132 Å². The van der Waals surface area contributed by atoms with E-state index < -0.39 is 0 Å². The molecule has 1 aromatic rings. The molecule has 1 saturated heterocycles. The molecule has 4 nitrogen and oxygen atoms in total. The summed E-state index contributed by atoms with van der Waals surface area (Å²) in [5, 5.41) is 3.06. The Morgan fingerprint density at radius 2 is 2.14 bits per heavy atom. The SMILES string of the molecule is O=C(CO[C@@H]1CCOC1)NCC1(Cc2ccccc2)CCC1. The molecule has 1 saturated carbocycles. The van der Waals surface area contributed by atoms with Crippen LogP contribution in [0.15, 0.2) is 30.3 Å². The first kappa shape index (κ1) is 15.5. The number of ether oxygens (including phenoxy) is 2. The maximum atomic E-state index is 12.0. The van der Waals surface area contributed by atoms with Gasteiger partial charge >= 0.3 is 0 Å². The van der Waals surface area contributed by atoms with Crippen LogP contribution in [0.5, 0.6) is 0 Å². The second-order valence-electron chi connectivity index (χ2n) is 6.59. The van der Waals surface area contributed by atoms with Crippen LogP contribution in [0.4, 0.5) is 0 Å². The molecule has 1 heterocycles. The van der Waals surface area contributed by atoms with Gasteiger partial charge in [0.25, 0.3) is 0 Å². The van der Waals surface area contributed by atoms with Gasteiger partial charge in [-0.2, -0.15) is 0 Å². The first-order valence-corrected chi connectivity index (χ1v) is 8.26. The summed E-state index contributed by atoms with van der Waals surface area (Å²) in [6.07, 6.45) is 5.68. The molecule has 2 aliphatic rings. The van der Waals surface area contributed by atoms with Crippen molar-refractivity contribution in [2.24, 2.45) is 5.41 Å². The van der Waals surface area contributed by atoms with Crippen LogP contribution in [0, 0.1) is 5.41 Å². The molecule has 3 rings (SSSR count). The van der Waals surface area contributed by atoms with Gasteiger partial charge in [0.2, 0.25) is 5.91 Å². The van der Waals surface area contributed by atoms with E-state index in [1.807, 2.05) is 6.07 Å². The number of rotatable bonds is 7. The highest BCUT2D eigenvalue weighted by molar-refractivity contribution is 5.77. The zero-order chi connectivity index (χ0) is 15.3. The van der Waals surface area contributed by atoms with Crippen molar-refractivity contribution in [3.63, 3.8) is 0 Å². The summed E-state index contributed by atoms with van der Waals surface area (Å²) < 4.78 is 10.8. The number of carbonyl (C=O) groups is 1. The Hall–Kier alpha value is -1.39. The minimum Gasteiger partial charge on any atom is -0.379 e. The molecule has 0 radical (unpaired) electrons. The summed E-state index contributed by atoms with van der Waals surface area (Å²) in [6.45, 7) is 2.26. The van der Waals surface area contributed by atoms with Gasteiger partial charge in [-0.3, -0.25) is 4.79 Å². The van der Waals surface area contributed by atoms with Gasteiger partial charge < -0.3 is 14.8 Å². The Balaban J connectivity index is 1.43. The molecule has 0 bridgehead atoms. The number of hydrogen-bond acceptors (Lipinski definition) is 3. The van der Waals surface area contributed by atoms with Crippen LogP contribution in [0.25, 0.3) is 0 Å². The van der Waals surface area contributed by atoms with E-state index in [9.17, 15) is 4.79 Å². The highest BCUT2D eigenvalue weighted by Crippen LogP contribution is 2.43. The van der Waals surface area contributed by atoms with Gasteiger partial charge in [0, 0.05) is 13.2 Å². The summed E-state index contributed by atoms with van der Waals surface area (Å²) in [5.74, 6) is -0.00811. The first-order valence-electron chi connectivity index (χ1n) is 8.26. The van der Waals surface area contributed by atoms with Crippen molar-refractivity contribution in [1.29, 1.82) is 0 Å². The fourth-order valence-electron chi connectivity index (χ4n) is 3.30. The van der Waals surface area contributed by atoms with E-state index in [0.29, 0.717) is 6.61 Å². The van der Waals surface area contributed by atoms with Gasteiger partial charge in [0.1, 0.15) is 6.61 Å². The molecule has 0 spiro atoms. The first-order chi connectivity index (χ1) is 10.8. The average molecular weight is 303 g/mol. The minimum atomic E-state index is -0.00811. The van der Waals surface area contributed by atoms with Crippen LogP contribution in [0.1, 0.15) is 31.2 Å². The van der Waals surface area contributed by atoms with Gasteiger partial charge in [-0.25, -0.2) is 0 Å². The van der Waals surface area contributed by atoms with Crippen LogP contribution in [-0.4, -0.2) is 38.4 Å². The molecular weight excluding hydrogens is 278 g/mol.